The summed E-state index contributed by atoms with van der Waals surface area (Å²) in [6.45, 7) is 3.46. The minimum atomic E-state index is -3.71. The molecule has 0 bridgehead atoms. The Morgan fingerprint density at radius 3 is 2.05 bits per heavy atom. The maximum absolute atomic E-state index is 12.9. The van der Waals surface area contributed by atoms with E-state index < -0.39 is 15.8 Å². The predicted molar refractivity (Wildman–Crippen MR) is 140 cm³/mol. The number of esters is 1. The van der Waals surface area contributed by atoms with Crippen molar-refractivity contribution in [2.24, 2.45) is 0 Å². The van der Waals surface area contributed by atoms with Crippen molar-refractivity contribution in [3.63, 3.8) is 0 Å². The number of carbonyl (C=O) groups excluding carboxylic acids is 1. The van der Waals surface area contributed by atoms with Crippen LogP contribution in [0.1, 0.15) is 11.1 Å². The molecule has 0 unspecified atom stereocenters. The molecule has 10 nitrogen and oxygen atoms in total. The highest BCUT2D eigenvalue weighted by Crippen LogP contribution is 2.35. The van der Waals surface area contributed by atoms with Crippen LogP contribution in [-0.4, -0.2) is 92.4 Å². The molecule has 202 valence electrons. The monoisotopic (exact) mass is 534 g/mol. The zero-order chi connectivity index (χ0) is 27.0. The largest absolute Gasteiger partial charge is 0.496 e. The van der Waals surface area contributed by atoms with Gasteiger partial charge in [0.15, 0.2) is 21.3 Å². The van der Waals surface area contributed by atoms with Gasteiger partial charge in [-0.1, -0.05) is 6.07 Å². The summed E-state index contributed by atoms with van der Waals surface area (Å²) < 4.78 is 52.7. The topological polar surface area (TPSA) is 104 Å². The lowest BCUT2D eigenvalue weighted by Crippen LogP contribution is -2.46. The van der Waals surface area contributed by atoms with Gasteiger partial charge in [-0.25, -0.2) is 8.42 Å². The third-order valence-corrected chi connectivity index (χ3v) is 7.25. The molecule has 1 aliphatic rings. The van der Waals surface area contributed by atoms with Crippen LogP contribution in [0.5, 0.6) is 28.7 Å². The third kappa shape index (κ3) is 7.85. The number of carbonyl (C=O) groups is 1. The first-order valence-corrected chi connectivity index (χ1v) is 13.4. The van der Waals surface area contributed by atoms with Crippen LogP contribution in [0.4, 0.5) is 0 Å². The molecule has 1 aliphatic heterocycles. The van der Waals surface area contributed by atoms with E-state index in [1.54, 1.807) is 24.3 Å². The Hall–Kier alpha value is -3.28. The van der Waals surface area contributed by atoms with Gasteiger partial charge >= 0.3 is 5.97 Å². The van der Waals surface area contributed by atoms with E-state index in [-0.39, 0.29) is 18.0 Å². The molecule has 3 rings (SSSR count). The Labute approximate surface area is 218 Å². The molecule has 0 N–H and O–H groups in total. The number of sulfone groups is 1. The van der Waals surface area contributed by atoms with Gasteiger partial charge in [0.1, 0.15) is 17.2 Å². The summed E-state index contributed by atoms with van der Waals surface area (Å²) in [6.07, 6.45) is 1.42. The van der Waals surface area contributed by atoms with Crippen molar-refractivity contribution < 1.29 is 36.9 Å². The van der Waals surface area contributed by atoms with Crippen LogP contribution < -0.4 is 23.7 Å². The average molecular weight is 535 g/mol. The maximum Gasteiger partial charge on any atom is 0.325 e. The number of piperazine rings is 1. The first kappa shape index (κ1) is 28.3. The fraction of sp³-hybridized carbons (Fsp3) is 0.423. The van der Waals surface area contributed by atoms with Crippen LogP contribution in [0.25, 0.3) is 6.08 Å². The highest BCUT2D eigenvalue weighted by atomic mass is 32.2. The number of hydrogen-bond acceptors (Lipinski definition) is 10. The number of ether oxygens (including phenoxy) is 5. The molecular weight excluding hydrogens is 500 g/mol. The van der Waals surface area contributed by atoms with Gasteiger partial charge in [0.25, 0.3) is 0 Å². The zero-order valence-electron chi connectivity index (χ0n) is 21.9. The molecule has 2 aromatic carbocycles. The number of hydrogen-bond donors (Lipinski definition) is 0. The van der Waals surface area contributed by atoms with Crippen LogP contribution in [0.15, 0.2) is 35.7 Å². The van der Waals surface area contributed by atoms with Crippen molar-refractivity contribution in [2.45, 2.75) is 5.75 Å². The summed E-state index contributed by atoms with van der Waals surface area (Å²) in [4.78, 5) is 16.8. The van der Waals surface area contributed by atoms with E-state index in [9.17, 15) is 13.2 Å². The van der Waals surface area contributed by atoms with Crippen molar-refractivity contribution in [3.05, 3.63) is 46.9 Å². The lowest BCUT2D eigenvalue weighted by Gasteiger charge is -2.31. The van der Waals surface area contributed by atoms with Gasteiger partial charge in [-0.3, -0.25) is 9.69 Å². The smallest absolute Gasteiger partial charge is 0.325 e. The molecular formula is C26H34N2O8S. The standard InChI is InChI=1S/C26H34N2O8S/c1-27-9-11-28(12-10-27)17-26(29)36-25-14-19(6-7-22(25)33-3)18-37(30,31)13-8-21-23(34-4)15-20(32-2)16-24(21)35-5/h6-8,13-16H,9-12,17-18H2,1-5H3/b13-8+. The Morgan fingerprint density at radius 2 is 1.49 bits per heavy atom. The molecule has 0 aromatic heterocycles. The van der Waals surface area contributed by atoms with Crippen molar-refractivity contribution in [1.29, 1.82) is 0 Å². The predicted octanol–water partition coefficient (Wildman–Crippen LogP) is 2.46. The Kier molecular flexibility index (Phi) is 9.79. The normalized spacial score (nSPS) is 14.9. The SMILES string of the molecule is COc1cc(OC)c(/C=C/S(=O)(=O)Cc2ccc(OC)c(OC(=O)CN3CCN(C)CC3)c2)c(OC)c1. The Bertz CT molecular complexity index is 1200. The van der Waals surface area contributed by atoms with E-state index in [0.717, 1.165) is 31.6 Å². The van der Waals surface area contributed by atoms with E-state index in [1.165, 1.54) is 40.6 Å². The summed E-state index contributed by atoms with van der Waals surface area (Å²) in [5.74, 6) is 1.11. The number of rotatable bonds is 11. The number of methoxy groups -OCH3 is 4. The molecule has 0 saturated carbocycles. The first-order valence-electron chi connectivity index (χ1n) is 11.7. The van der Waals surface area contributed by atoms with Crippen LogP contribution in [0, 0.1) is 0 Å². The van der Waals surface area contributed by atoms with Crippen molar-refractivity contribution in [3.8, 4) is 28.7 Å². The van der Waals surface area contributed by atoms with Gasteiger partial charge in [0.2, 0.25) is 0 Å². The van der Waals surface area contributed by atoms with Crippen LogP contribution in [-0.2, 0) is 20.4 Å². The van der Waals surface area contributed by atoms with Crippen LogP contribution in [0.2, 0.25) is 0 Å². The molecule has 0 aliphatic carbocycles. The average Bonchev–Trinajstić information content (AvgIpc) is 2.88. The van der Waals surface area contributed by atoms with Gasteiger partial charge in [-0.05, 0) is 30.8 Å². The summed E-state index contributed by atoms with van der Waals surface area (Å²) in [7, 11) is 4.26. The highest BCUT2D eigenvalue weighted by molar-refractivity contribution is 7.93. The van der Waals surface area contributed by atoms with E-state index in [4.69, 9.17) is 23.7 Å². The molecule has 1 saturated heterocycles. The second-order valence-corrected chi connectivity index (χ2v) is 10.5. The molecule has 11 heteroatoms. The molecule has 1 fully saturated rings. The Morgan fingerprint density at radius 1 is 0.865 bits per heavy atom. The molecule has 0 spiro atoms. The fourth-order valence-electron chi connectivity index (χ4n) is 3.88. The Balaban J connectivity index is 1.75. The lowest BCUT2D eigenvalue weighted by molar-refractivity contribution is -0.136. The van der Waals surface area contributed by atoms with Crippen molar-refractivity contribution >= 4 is 21.9 Å². The molecule has 0 amide bonds. The molecule has 37 heavy (non-hydrogen) atoms. The van der Waals surface area contributed by atoms with Gasteiger partial charge in [-0.15, -0.1) is 0 Å². The quantitative estimate of drug-likeness (QED) is 0.315. The van der Waals surface area contributed by atoms with Crippen molar-refractivity contribution in [1.82, 2.24) is 9.80 Å². The highest BCUT2D eigenvalue weighted by Gasteiger charge is 2.20. The molecule has 1 heterocycles. The minimum absolute atomic E-state index is 0.147. The number of likely N-dealkylation sites (N-methyl/N-ethyl adjacent to an activating group) is 1. The van der Waals surface area contributed by atoms with Crippen molar-refractivity contribution in [2.75, 3.05) is 68.2 Å². The zero-order valence-corrected chi connectivity index (χ0v) is 22.7. The second-order valence-electron chi connectivity index (χ2n) is 8.59. The van der Waals surface area contributed by atoms with E-state index in [0.29, 0.717) is 34.1 Å². The van der Waals surface area contributed by atoms with Gasteiger partial charge in [0, 0.05) is 43.7 Å². The van der Waals surface area contributed by atoms with E-state index >= 15 is 0 Å². The number of nitrogens with zero attached hydrogens (tertiary/aromatic N) is 2. The molecule has 0 atom stereocenters. The second kappa shape index (κ2) is 12.8. The van der Waals surface area contributed by atoms with Crippen LogP contribution in [0.3, 0.4) is 0 Å². The fourth-order valence-corrected chi connectivity index (χ4v) is 4.97. The summed E-state index contributed by atoms with van der Waals surface area (Å²) in [5.41, 5.74) is 0.907. The minimum Gasteiger partial charge on any atom is -0.496 e. The first-order chi connectivity index (χ1) is 17.7. The van der Waals surface area contributed by atoms with E-state index in [1.807, 2.05) is 11.9 Å². The lowest BCUT2D eigenvalue weighted by atomic mass is 10.1. The molecule has 2 aromatic rings. The summed E-state index contributed by atoms with van der Waals surface area (Å²) in [6, 6.07) is 8.00. The van der Waals surface area contributed by atoms with E-state index in [2.05, 4.69) is 4.90 Å². The number of benzene rings is 2. The van der Waals surface area contributed by atoms with Gasteiger partial charge in [-0.2, -0.15) is 0 Å². The summed E-state index contributed by atoms with van der Waals surface area (Å²) in [5, 5.41) is 1.10. The van der Waals surface area contributed by atoms with Gasteiger partial charge in [0.05, 0.1) is 46.3 Å². The van der Waals surface area contributed by atoms with Gasteiger partial charge < -0.3 is 28.6 Å². The molecule has 0 radical (unpaired) electrons. The third-order valence-electron chi connectivity index (χ3n) is 5.96. The maximum atomic E-state index is 12.9. The van der Waals surface area contributed by atoms with Crippen LogP contribution >= 0.6 is 0 Å². The summed E-state index contributed by atoms with van der Waals surface area (Å²) >= 11 is 0.